The fourth-order valence-corrected chi connectivity index (χ4v) is 0.967. The predicted molar refractivity (Wildman–Crippen MR) is 48.0 cm³/mol. The topological polar surface area (TPSA) is 48.1 Å². The molecule has 0 aliphatic carbocycles. The van der Waals surface area contributed by atoms with Crippen LogP contribution in [0.15, 0.2) is 18.3 Å². The minimum absolute atomic E-state index is 0.0140. The van der Waals surface area contributed by atoms with Crippen LogP contribution in [0, 0.1) is 0 Å². The normalized spacial score (nSPS) is 12.6. The quantitative estimate of drug-likeness (QED) is 0.740. The molecule has 1 unspecified atom stereocenters. The number of nitrogens with two attached hydrogens (primary N) is 1. The lowest BCUT2D eigenvalue weighted by Crippen LogP contribution is -2.10. The lowest BCUT2D eigenvalue weighted by Gasteiger charge is -2.08. The van der Waals surface area contributed by atoms with Gasteiger partial charge >= 0.3 is 0 Å². The molecule has 1 heterocycles. The highest BCUT2D eigenvalue weighted by molar-refractivity contribution is 5.23. The zero-order valence-corrected chi connectivity index (χ0v) is 7.45. The molecule has 0 radical (unpaired) electrons. The molecule has 0 bridgehead atoms. The van der Waals surface area contributed by atoms with Gasteiger partial charge in [-0.25, -0.2) is 0 Å². The maximum atomic E-state index is 5.80. The Kier molecular flexibility index (Phi) is 3.05. The summed E-state index contributed by atoms with van der Waals surface area (Å²) in [6.07, 6.45) is 2.60. The fourth-order valence-electron chi connectivity index (χ4n) is 0.967. The summed E-state index contributed by atoms with van der Waals surface area (Å²) < 4.78 is 5.05. The van der Waals surface area contributed by atoms with Crippen LogP contribution in [0.5, 0.6) is 5.75 Å². The summed E-state index contributed by atoms with van der Waals surface area (Å²) in [7, 11) is 1.64. The third-order valence-corrected chi connectivity index (χ3v) is 1.81. The molecule has 0 saturated carbocycles. The molecule has 0 saturated heterocycles. The summed E-state index contributed by atoms with van der Waals surface area (Å²) in [4.78, 5) is 4.15. The first-order chi connectivity index (χ1) is 5.77. The van der Waals surface area contributed by atoms with Crippen LogP contribution >= 0.6 is 0 Å². The van der Waals surface area contributed by atoms with E-state index in [9.17, 15) is 0 Å². The minimum Gasteiger partial charge on any atom is -0.497 e. The van der Waals surface area contributed by atoms with Crippen molar-refractivity contribution in [2.24, 2.45) is 5.73 Å². The van der Waals surface area contributed by atoms with Crippen molar-refractivity contribution in [2.75, 3.05) is 7.11 Å². The van der Waals surface area contributed by atoms with E-state index < -0.39 is 0 Å². The van der Waals surface area contributed by atoms with Gasteiger partial charge in [-0.3, -0.25) is 4.98 Å². The Bertz CT molecular complexity index is 250. The Morgan fingerprint density at radius 2 is 2.42 bits per heavy atom. The second-order valence-electron chi connectivity index (χ2n) is 2.64. The second-order valence-corrected chi connectivity index (χ2v) is 2.64. The second kappa shape index (κ2) is 4.07. The third kappa shape index (κ3) is 1.95. The van der Waals surface area contributed by atoms with E-state index in [4.69, 9.17) is 10.5 Å². The zero-order valence-electron chi connectivity index (χ0n) is 7.45. The number of pyridine rings is 1. The average molecular weight is 166 g/mol. The highest BCUT2D eigenvalue weighted by Gasteiger charge is 2.04. The van der Waals surface area contributed by atoms with E-state index in [1.54, 1.807) is 13.3 Å². The van der Waals surface area contributed by atoms with Crippen LogP contribution in [-0.4, -0.2) is 12.1 Å². The number of nitrogens with zero attached hydrogens (tertiary/aromatic N) is 1. The third-order valence-electron chi connectivity index (χ3n) is 1.81. The summed E-state index contributed by atoms with van der Waals surface area (Å²) in [5, 5.41) is 0. The molecule has 0 aliphatic rings. The van der Waals surface area contributed by atoms with E-state index >= 15 is 0 Å². The van der Waals surface area contributed by atoms with Crippen molar-refractivity contribution >= 4 is 0 Å². The monoisotopic (exact) mass is 166 g/mol. The van der Waals surface area contributed by atoms with E-state index in [1.807, 2.05) is 19.1 Å². The number of aromatic nitrogens is 1. The largest absolute Gasteiger partial charge is 0.497 e. The van der Waals surface area contributed by atoms with Crippen LogP contribution in [0.4, 0.5) is 0 Å². The molecular formula is C9H14N2O. The molecule has 1 aromatic rings. The summed E-state index contributed by atoms with van der Waals surface area (Å²) >= 11 is 0. The van der Waals surface area contributed by atoms with Gasteiger partial charge in [-0.05, 0) is 12.5 Å². The van der Waals surface area contributed by atoms with Gasteiger partial charge in [-0.1, -0.05) is 6.92 Å². The van der Waals surface area contributed by atoms with Gasteiger partial charge in [0.2, 0.25) is 0 Å². The number of ether oxygens (including phenoxy) is 1. The van der Waals surface area contributed by atoms with Crippen molar-refractivity contribution in [3.63, 3.8) is 0 Å². The van der Waals surface area contributed by atoms with Crippen LogP contribution in [0.1, 0.15) is 25.1 Å². The zero-order chi connectivity index (χ0) is 8.97. The number of hydrogen-bond donors (Lipinski definition) is 1. The molecule has 1 atom stereocenters. The van der Waals surface area contributed by atoms with E-state index in [-0.39, 0.29) is 6.04 Å². The summed E-state index contributed by atoms with van der Waals surface area (Å²) in [5.74, 6) is 0.809. The SMILES string of the molecule is CCC(N)c1cc(OC)ccn1. The van der Waals surface area contributed by atoms with Crippen molar-refractivity contribution in [1.82, 2.24) is 4.98 Å². The summed E-state index contributed by atoms with van der Waals surface area (Å²) in [6, 6.07) is 3.69. The van der Waals surface area contributed by atoms with Crippen LogP contribution in [0.3, 0.4) is 0 Å². The minimum atomic E-state index is 0.0140. The molecular weight excluding hydrogens is 152 g/mol. The van der Waals surface area contributed by atoms with Gasteiger partial charge in [0, 0.05) is 18.3 Å². The Morgan fingerprint density at radius 3 is 3.00 bits per heavy atom. The Labute approximate surface area is 72.6 Å². The van der Waals surface area contributed by atoms with E-state index in [0.29, 0.717) is 0 Å². The Morgan fingerprint density at radius 1 is 1.67 bits per heavy atom. The van der Waals surface area contributed by atoms with Gasteiger partial charge in [-0.2, -0.15) is 0 Å². The van der Waals surface area contributed by atoms with Crippen LogP contribution in [0.2, 0.25) is 0 Å². The molecule has 0 aromatic carbocycles. The highest BCUT2D eigenvalue weighted by atomic mass is 16.5. The number of rotatable bonds is 3. The lowest BCUT2D eigenvalue weighted by molar-refractivity contribution is 0.412. The Balaban J connectivity index is 2.86. The maximum Gasteiger partial charge on any atom is 0.122 e. The average Bonchev–Trinajstić information content (AvgIpc) is 2.17. The van der Waals surface area contributed by atoms with Gasteiger partial charge in [0.15, 0.2) is 0 Å². The highest BCUT2D eigenvalue weighted by Crippen LogP contribution is 2.16. The Hall–Kier alpha value is -1.09. The molecule has 1 rings (SSSR count). The van der Waals surface area contributed by atoms with Gasteiger partial charge in [0.05, 0.1) is 12.8 Å². The van der Waals surface area contributed by atoms with Crippen molar-refractivity contribution < 1.29 is 4.74 Å². The first-order valence-electron chi connectivity index (χ1n) is 4.03. The first-order valence-corrected chi connectivity index (χ1v) is 4.03. The summed E-state index contributed by atoms with van der Waals surface area (Å²) in [5.41, 5.74) is 6.69. The molecule has 12 heavy (non-hydrogen) atoms. The molecule has 0 spiro atoms. The first kappa shape index (κ1) is 9.00. The van der Waals surface area contributed by atoms with Crippen molar-refractivity contribution in [1.29, 1.82) is 0 Å². The molecule has 66 valence electrons. The smallest absolute Gasteiger partial charge is 0.122 e. The van der Waals surface area contributed by atoms with Gasteiger partial charge in [-0.15, -0.1) is 0 Å². The summed E-state index contributed by atoms with van der Waals surface area (Å²) in [6.45, 7) is 2.03. The molecule has 0 amide bonds. The molecule has 0 fully saturated rings. The fraction of sp³-hybridized carbons (Fsp3) is 0.444. The number of hydrogen-bond acceptors (Lipinski definition) is 3. The molecule has 2 N–H and O–H groups in total. The molecule has 3 nitrogen and oxygen atoms in total. The molecule has 1 aromatic heterocycles. The standard InChI is InChI=1S/C9H14N2O/c1-3-8(10)9-6-7(12-2)4-5-11-9/h4-6,8H,3,10H2,1-2H3. The van der Waals surface area contributed by atoms with Crippen molar-refractivity contribution in [3.05, 3.63) is 24.0 Å². The predicted octanol–water partition coefficient (Wildman–Crippen LogP) is 1.50. The van der Waals surface area contributed by atoms with Crippen LogP contribution in [0.25, 0.3) is 0 Å². The van der Waals surface area contributed by atoms with Gasteiger partial charge < -0.3 is 10.5 Å². The van der Waals surface area contributed by atoms with Crippen molar-refractivity contribution in [3.8, 4) is 5.75 Å². The van der Waals surface area contributed by atoms with Crippen molar-refractivity contribution in [2.45, 2.75) is 19.4 Å². The maximum absolute atomic E-state index is 5.80. The van der Waals surface area contributed by atoms with E-state index in [1.165, 1.54) is 0 Å². The lowest BCUT2D eigenvalue weighted by atomic mass is 10.1. The van der Waals surface area contributed by atoms with E-state index in [2.05, 4.69) is 4.98 Å². The van der Waals surface area contributed by atoms with Gasteiger partial charge in [0.1, 0.15) is 5.75 Å². The number of methoxy groups -OCH3 is 1. The van der Waals surface area contributed by atoms with Gasteiger partial charge in [0.25, 0.3) is 0 Å². The van der Waals surface area contributed by atoms with E-state index in [0.717, 1.165) is 17.9 Å². The van der Waals surface area contributed by atoms with Crippen LogP contribution in [-0.2, 0) is 0 Å². The van der Waals surface area contributed by atoms with Crippen LogP contribution < -0.4 is 10.5 Å². The molecule has 3 heteroatoms. The molecule has 0 aliphatic heterocycles.